The Bertz CT molecular complexity index is 785. The number of aryl methyl sites for hydroxylation is 2. The first-order valence-corrected chi connectivity index (χ1v) is 8.59. The Kier molecular flexibility index (Phi) is 4.88. The first kappa shape index (κ1) is 17.2. The Morgan fingerprint density at radius 1 is 1.16 bits per heavy atom. The van der Waals surface area contributed by atoms with Crippen molar-refractivity contribution in [3.05, 3.63) is 65.2 Å². The van der Waals surface area contributed by atoms with Crippen LogP contribution in [0.15, 0.2) is 48.5 Å². The lowest BCUT2D eigenvalue weighted by atomic mass is 10.1. The third kappa shape index (κ3) is 3.73. The molecule has 0 aromatic heterocycles. The van der Waals surface area contributed by atoms with Gasteiger partial charge in [-0.25, -0.2) is 0 Å². The van der Waals surface area contributed by atoms with Crippen molar-refractivity contribution in [3.8, 4) is 5.75 Å². The van der Waals surface area contributed by atoms with Gasteiger partial charge < -0.3 is 9.64 Å². The first-order valence-electron chi connectivity index (χ1n) is 8.59. The van der Waals surface area contributed by atoms with Crippen molar-refractivity contribution in [1.82, 2.24) is 4.90 Å². The molecule has 25 heavy (non-hydrogen) atoms. The molecule has 1 fully saturated rings. The number of hydrogen-bond acceptors (Lipinski definition) is 3. The van der Waals surface area contributed by atoms with Crippen molar-refractivity contribution in [2.75, 3.05) is 6.54 Å². The lowest BCUT2D eigenvalue weighted by molar-refractivity contribution is -0.139. The minimum Gasteiger partial charge on any atom is -0.426 e. The number of ether oxygens (including phenoxy) is 1. The second-order valence-electron chi connectivity index (χ2n) is 6.72. The summed E-state index contributed by atoms with van der Waals surface area (Å²) in [6.45, 7) is 6.26. The molecule has 0 N–H and O–H groups in total. The first-order chi connectivity index (χ1) is 12.0. The Morgan fingerprint density at radius 2 is 1.88 bits per heavy atom. The van der Waals surface area contributed by atoms with Crippen molar-refractivity contribution in [2.24, 2.45) is 5.92 Å². The molecule has 2 aromatic carbocycles. The Hall–Kier alpha value is -2.62. The number of benzene rings is 2. The van der Waals surface area contributed by atoms with Crippen LogP contribution in [0.2, 0.25) is 0 Å². The predicted octanol–water partition coefficient (Wildman–Crippen LogP) is 3.82. The van der Waals surface area contributed by atoms with Gasteiger partial charge >= 0.3 is 5.97 Å². The molecule has 0 bridgehead atoms. The monoisotopic (exact) mass is 337 g/mol. The van der Waals surface area contributed by atoms with E-state index in [-0.39, 0.29) is 24.3 Å². The van der Waals surface area contributed by atoms with E-state index in [1.165, 1.54) is 0 Å². The summed E-state index contributed by atoms with van der Waals surface area (Å²) in [6.07, 6.45) is 0.209. The number of carbonyl (C=O) groups excluding carboxylic acids is 2. The average molecular weight is 337 g/mol. The van der Waals surface area contributed by atoms with E-state index in [2.05, 4.69) is 0 Å². The second kappa shape index (κ2) is 7.09. The number of likely N-dealkylation sites (tertiary alicyclic amines) is 1. The van der Waals surface area contributed by atoms with E-state index in [1.807, 2.05) is 69.3 Å². The molecule has 130 valence electrons. The highest BCUT2D eigenvalue weighted by Crippen LogP contribution is 2.30. The Balaban J connectivity index is 1.69. The van der Waals surface area contributed by atoms with Crippen LogP contribution < -0.4 is 4.74 Å². The summed E-state index contributed by atoms with van der Waals surface area (Å²) < 4.78 is 5.57. The zero-order valence-electron chi connectivity index (χ0n) is 14.9. The molecule has 1 heterocycles. The van der Waals surface area contributed by atoms with Crippen LogP contribution in [0.4, 0.5) is 0 Å². The highest BCUT2D eigenvalue weighted by atomic mass is 16.5. The lowest BCUT2D eigenvalue weighted by Crippen LogP contribution is -2.30. The zero-order valence-corrected chi connectivity index (χ0v) is 14.9. The fraction of sp³-hybridized carbons (Fsp3) is 0.333. The van der Waals surface area contributed by atoms with Crippen LogP contribution in [-0.2, 0) is 9.59 Å². The largest absolute Gasteiger partial charge is 0.426 e. The molecule has 1 aliphatic heterocycles. The van der Waals surface area contributed by atoms with Crippen LogP contribution in [-0.4, -0.2) is 23.3 Å². The van der Waals surface area contributed by atoms with Crippen molar-refractivity contribution in [3.63, 3.8) is 0 Å². The number of esters is 1. The van der Waals surface area contributed by atoms with E-state index in [4.69, 9.17) is 4.74 Å². The number of carbonyl (C=O) groups is 2. The molecule has 0 unspecified atom stereocenters. The highest BCUT2D eigenvalue weighted by molar-refractivity contribution is 5.88. The standard InChI is InChI=1S/C21H23NO3/c1-14-9-10-15(2)19(11-14)25-21(24)18-12-20(23)22(13-18)16(3)17-7-5-4-6-8-17/h4-11,16,18H,12-13H2,1-3H3/t16-,18-/m0/s1. The van der Waals surface area contributed by atoms with Gasteiger partial charge in [-0.2, -0.15) is 0 Å². The summed E-state index contributed by atoms with van der Waals surface area (Å²) in [4.78, 5) is 26.7. The van der Waals surface area contributed by atoms with E-state index < -0.39 is 5.92 Å². The molecule has 4 heteroatoms. The highest BCUT2D eigenvalue weighted by Gasteiger charge is 2.38. The van der Waals surface area contributed by atoms with Gasteiger partial charge in [0.1, 0.15) is 5.75 Å². The molecule has 1 saturated heterocycles. The third-order valence-electron chi connectivity index (χ3n) is 4.80. The smallest absolute Gasteiger partial charge is 0.316 e. The molecular formula is C21H23NO3. The maximum atomic E-state index is 12.5. The number of hydrogen-bond donors (Lipinski definition) is 0. The molecule has 1 aliphatic rings. The van der Waals surface area contributed by atoms with Crippen molar-refractivity contribution < 1.29 is 14.3 Å². The molecule has 0 aliphatic carbocycles. The average Bonchev–Trinajstić information content (AvgIpc) is 3.00. The van der Waals surface area contributed by atoms with Gasteiger partial charge in [-0.1, -0.05) is 42.5 Å². The van der Waals surface area contributed by atoms with Gasteiger partial charge in [-0.15, -0.1) is 0 Å². The van der Waals surface area contributed by atoms with Gasteiger partial charge in [0.05, 0.1) is 12.0 Å². The second-order valence-corrected chi connectivity index (χ2v) is 6.72. The van der Waals surface area contributed by atoms with Crippen LogP contribution in [0.25, 0.3) is 0 Å². The minimum absolute atomic E-state index is 0.000678. The fourth-order valence-corrected chi connectivity index (χ4v) is 3.18. The SMILES string of the molecule is Cc1ccc(C)c(OC(=O)[C@H]2CC(=O)N([C@@H](C)c3ccccc3)C2)c1. The van der Waals surface area contributed by atoms with E-state index in [0.29, 0.717) is 12.3 Å². The number of nitrogens with zero attached hydrogens (tertiary/aromatic N) is 1. The van der Waals surface area contributed by atoms with E-state index in [0.717, 1.165) is 16.7 Å². The molecule has 0 radical (unpaired) electrons. The van der Waals surface area contributed by atoms with Crippen LogP contribution in [0.5, 0.6) is 5.75 Å². The van der Waals surface area contributed by atoms with Crippen LogP contribution in [0.3, 0.4) is 0 Å². The molecule has 1 amide bonds. The van der Waals surface area contributed by atoms with E-state index in [9.17, 15) is 9.59 Å². The summed E-state index contributed by atoms with van der Waals surface area (Å²) in [5, 5.41) is 0. The minimum atomic E-state index is -0.418. The summed E-state index contributed by atoms with van der Waals surface area (Å²) in [7, 11) is 0. The van der Waals surface area contributed by atoms with Crippen molar-refractivity contribution in [1.29, 1.82) is 0 Å². The van der Waals surface area contributed by atoms with E-state index >= 15 is 0 Å². The van der Waals surface area contributed by atoms with E-state index in [1.54, 1.807) is 4.90 Å². The van der Waals surface area contributed by atoms with Crippen molar-refractivity contribution >= 4 is 11.9 Å². The van der Waals surface area contributed by atoms with Gasteiger partial charge in [-0.3, -0.25) is 9.59 Å². The van der Waals surface area contributed by atoms with Crippen LogP contribution in [0.1, 0.15) is 36.1 Å². The van der Waals surface area contributed by atoms with Crippen LogP contribution in [0, 0.1) is 19.8 Å². The Morgan fingerprint density at radius 3 is 2.60 bits per heavy atom. The molecule has 2 atom stereocenters. The van der Waals surface area contributed by atoms with Gasteiger partial charge in [0.15, 0.2) is 0 Å². The summed E-state index contributed by atoms with van der Waals surface area (Å²) in [5.74, 6) is -0.172. The topological polar surface area (TPSA) is 46.6 Å². The molecular weight excluding hydrogens is 314 g/mol. The Labute approximate surface area is 148 Å². The van der Waals surface area contributed by atoms with Crippen molar-refractivity contribution in [2.45, 2.75) is 33.2 Å². The van der Waals surface area contributed by atoms with Crippen LogP contribution >= 0.6 is 0 Å². The molecule has 0 spiro atoms. The van der Waals surface area contributed by atoms with Gasteiger partial charge in [0, 0.05) is 13.0 Å². The summed E-state index contributed by atoms with van der Waals surface area (Å²) >= 11 is 0. The maximum absolute atomic E-state index is 12.5. The normalized spacial score (nSPS) is 18.3. The number of rotatable bonds is 4. The van der Waals surface area contributed by atoms with Gasteiger partial charge in [0.25, 0.3) is 0 Å². The van der Waals surface area contributed by atoms with Gasteiger partial charge in [0.2, 0.25) is 5.91 Å². The van der Waals surface area contributed by atoms with Gasteiger partial charge in [-0.05, 0) is 43.5 Å². The zero-order chi connectivity index (χ0) is 18.0. The maximum Gasteiger partial charge on any atom is 0.316 e. The number of amides is 1. The quantitative estimate of drug-likeness (QED) is 0.629. The fourth-order valence-electron chi connectivity index (χ4n) is 3.18. The third-order valence-corrected chi connectivity index (χ3v) is 4.80. The molecule has 4 nitrogen and oxygen atoms in total. The summed E-state index contributed by atoms with van der Waals surface area (Å²) in [5.41, 5.74) is 3.02. The molecule has 2 aromatic rings. The molecule has 3 rings (SSSR count). The predicted molar refractivity (Wildman–Crippen MR) is 96.2 cm³/mol. The molecule has 0 saturated carbocycles. The lowest BCUT2D eigenvalue weighted by Gasteiger charge is -2.25. The summed E-state index contributed by atoms with van der Waals surface area (Å²) in [6, 6.07) is 15.6.